The van der Waals surface area contributed by atoms with Crippen molar-refractivity contribution in [3.63, 3.8) is 0 Å². The summed E-state index contributed by atoms with van der Waals surface area (Å²) in [5.41, 5.74) is 8.98. The molecule has 0 unspecified atom stereocenters. The van der Waals surface area contributed by atoms with Crippen LogP contribution in [0.3, 0.4) is 0 Å². The van der Waals surface area contributed by atoms with Crippen LogP contribution in [0.2, 0.25) is 10.0 Å². The molecule has 0 saturated heterocycles. The van der Waals surface area contributed by atoms with Crippen molar-refractivity contribution in [2.24, 2.45) is 0 Å². The zero-order chi connectivity index (χ0) is 22.1. The van der Waals surface area contributed by atoms with Crippen molar-refractivity contribution in [2.75, 3.05) is 17.2 Å². The van der Waals surface area contributed by atoms with E-state index in [1.54, 1.807) is 18.2 Å². The molecule has 4 aromatic rings. The van der Waals surface area contributed by atoms with E-state index < -0.39 is 0 Å². The van der Waals surface area contributed by atoms with Crippen LogP contribution in [-0.4, -0.2) is 31.7 Å². The Morgan fingerprint density at radius 1 is 1.06 bits per heavy atom. The van der Waals surface area contributed by atoms with Gasteiger partial charge in [0.2, 0.25) is 17.8 Å². The van der Waals surface area contributed by atoms with Crippen LogP contribution in [0, 0.1) is 0 Å². The summed E-state index contributed by atoms with van der Waals surface area (Å²) in [7, 11) is 0. The van der Waals surface area contributed by atoms with Gasteiger partial charge in [-0.1, -0.05) is 53.2 Å². The molecule has 0 fully saturated rings. The van der Waals surface area contributed by atoms with E-state index in [0.717, 1.165) is 25.1 Å². The zero-order valence-corrected chi connectivity index (χ0v) is 19.0. The first-order chi connectivity index (χ1) is 15.6. The molecule has 162 valence electrons. The normalized spacial score (nSPS) is 13.2. The molecule has 2 N–H and O–H groups in total. The van der Waals surface area contributed by atoms with Crippen LogP contribution in [-0.2, 0) is 12.2 Å². The van der Waals surface area contributed by atoms with Gasteiger partial charge in [-0.05, 0) is 42.7 Å². The molecule has 8 nitrogen and oxygen atoms in total. The average Bonchev–Trinajstić information content (AvgIpc) is 3.25. The van der Waals surface area contributed by atoms with Gasteiger partial charge in [-0.15, -0.1) is 10.2 Å². The van der Waals surface area contributed by atoms with Gasteiger partial charge < -0.3 is 15.1 Å². The maximum atomic E-state index is 6.23. The molecule has 2 aromatic heterocycles. The lowest BCUT2D eigenvalue weighted by molar-refractivity contribution is 0.465. The van der Waals surface area contributed by atoms with Crippen molar-refractivity contribution in [2.45, 2.75) is 23.8 Å². The number of aromatic nitrogens is 5. The fourth-order valence-corrected chi connectivity index (χ4v) is 4.63. The number of aryl methyl sites for hydroxylation is 1. The highest BCUT2D eigenvalue weighted by Crippen LogP contribution is 2.33. The first-order valence-corrected chi connectivity index (χ1v) is 11.6. The lowest BCUT2D eigenvalue weighted by Gasteiger charge is -2.29. The Hall–Kier alpha value is -2.88. The van der Waals surface area contributed by atoms with Crippen molar-refractivity contribution in [1.29, 1.82) is 0 Å². The van der Waals surface area contributed by atoms with E-state index in [1.807, 2.05) is 12.1 Å². The van der Waals surface area contributed by atoms with Crippen LogP contribution in [0.1, 0.15) is 17.8 Å². The van der Waals surface area contributed by atoms with Gasteiger partial charge in [0.05, 0.1) is 16.3 Å². The summed E-state index contributed by atoms with van der Waals surface area (Å²) >= 11 is 13.5. The summed E-state index contributed by atoms with van der Waals surface area (Å²) in [6.45, 7) is 0.821. The number of thioether (sulfide) groups is 1. The quantitative estimate of drug-likeness (QED) is 0.382. The third-order valence-electron chi connectivity index (χ3n) is 4.93. The Balaban J connectivity index is 1.34. The molecule has 0 amide bonds. The van der Waals surface area contributed by atoms with Crippen molar-refractivity contribution in [1.82, 2.24) is 25.1 Å². The number of benzene rings is 2. The minimum atomic E-state index is 0.174. The molecule has 11 heteroatoms. The summed E-state index contributed by atoms with van der Waals surface area (Å²) < 4.78 is 5.74. The molecule has 0 atom stereocenters. The third kappa shape index (κ3) is 4.36. The van der Waals surface area contributed by atoms with E-state index in [9.17, 15) is 0 Å². The molecule has 0 radical (unpaired) electrons. The molecule has 0 saturated carbocycles. The predicted molar refractivity (Wildman–Crippen MR) is 125 cm³/mol. The second-order valence-electron chi connectivity index (χ2n) is 7.08. The van der Waals surface area contributed by atoms with Crippen LogP contribution >= 0.6 is 35.0 Å². The molecule has 0 bridgehead atoms. The predicted octanol–water partition coefficient (Wildman–Crippen LogP) is 5.19. The molecule has 0 aliphatic carbocycles. The van der Waals surface area contributed by atoms with Crippen molar-refractivity contribution in [3.8, 4) is 11.5 Å². The van der Waals surface area contributed by atoms with Gasteiger partial charge in [0.25, 0.3) is 5.22 Å². The van der Waals surface area contributed by atoms with E-state index >= 15 is 0 Å². The molecule has 2 aromatic carbocycles. The van der Waals surface area contributed by atoms with Crippen molar-refractivity contribution >= 4 is 52.5 Å². The smallest absolute Gasteiger partial charge is 0.277 e. The largest absolute Gasteiger partial charge is 0.411 e. The number of nitrogens with two attached hydrogens (primary N) is 1. The molecule has 3 heterocycles. The summed E-state index contributed by atoms with van der Waals surface area (Å²) in [6.07, 6.45) is 2.05. The minimum absolute atomic E-state index is 0.174. The maximum Gasteiger partial charge on any atom is 0.277 e. The van der Waals surface area contributed by atoms with Gasteiger partial charge in [0.1, 0.15) is 5.82 Å². The lowest BCUT2D eigenvalue weighted by atomic mass is 10.0. The van der Waals surface area contributed by atoms with E-state index in [-0.39, 0.29) is 5.95 Å². The summed E-state index contributed by atoms with van der Waals surface area (Å²) in [5.74, 6) is 1.96. The zero-order valence-electron chi connectivity index (χ0n) is 16.7. The van der Waals surface area contributed by atoms with Crippen LogP contribution < -0.4 is 10.6 Å². The van der Waals surface area contributed by atoms with Crippen LogP contribution in [0.15, 0.2) is 52.1 Å². The second-order valence-corrected chi connectivity index (χ2v) is 8.85. The number of halogens is 2. The first kappa shape index (κ1) is 21.0. The van der Waals surface area contributed by atoms with Gasteiger partial charge in [-0.25, -0.2) is 0 Å². The SMILES string of the molecule is Nc1nc(CSc2nnc(-c3ccc(Cl)cc3Cl)o2)nc(N2CCCc3ccccc32)n1. The molecule has 32 heavy (non-hydrogen) atoms. The number of rotatable bonds is 5. The Bertz CT molecular complexity index is 1280. The Labute approximate surface area is 198 Å². The summed E-state index contributed by atoms with van der Waals surface area (Å²) in [5, 5.41) is 9.49. The number of fused-ring (bicyclic) bond motifs is 1. The van der Waals surface area contributed by atoms with Gasteiger partial charge in [-0.3, -0.25) is 0 Å². The van der Waals surface area contributed by atoms with Crippen molar-refractivity contribution < 1.29 is 4.42 Å². The first-order valence-electron chi connectivity index (χ1n) is 9.84. The van der Waals surface area contributed by atoms with E-state index in [4.69, 9.17) is 33.4 Å². The number of hydrogen-bond acceptors (Lipinski definition) is 9. The maximum absolute atomic E-state index is 6.23. The van der Waals surface area contributed by atoms with Crippen LogP contribution in [0.4, 0.5) is 17.6 Å². The van der Waals surface area contributed by atoms with E-state index in [1.165, 1.54) is 17.3 Å². The van der Waals surface area contributed by atoms with Crippen LogP contribution in [0.5, 0.6) is 0 Å². The Morgan fingerprint density at radius 2 is 1.94 bits per heavy atom. The molecule has 5 rings (SSSR count). The van der Waals surface area contributed by atoms with Gasteiger partial charge in [-0.2, -0.15) is 15.0 Å². The number of nitrogen functional groups attached to an aromatic ring is 1. The molecule has 1 aliphatic rings. The molecular weight excluding hydrogens is 469 g/mol. The van der Waals surface area contributed by atoms with Gasteiger partial charge in [0.15, 0.2) is 0 Å². The number of anilines is 3. The summed E-state index contributed by atoms with van der Waals surface area (Å²) in [4.78, 5) is 15.4. The standard InChI is InChI=1S/C21H17Cl2N7OS/c22-13-7-8-14(15(23)10-13)18-28-29-21(31-18)32-11-17-25-19(24)27-20(26-17)30-9-3-5-12-4-1-2-6-16(12)30/h1-2,4,6-8,10H,3,5,9,11H2,(H2,24,25,26,27). The van der Waals surface area contributed by atoms with Crippen LogP contribution in [0.25, 0.3) is 11.5 Å². The van der Waals surface area contributed by atoms with E-state index in [2.05, 4.69) is 42.2 Å². The topological polar surface area (TPSA) is 107 Å². The molecule has 1 aliphatic heterocycles. The second kappa shape index (κ2) is 8.93. The Morgan fingerprint density at radius 3 is 2.81 bits per heavy atom. The number of para-hydroxylation sites is 1. The van der Waals surface area contributed by atoms with Crippen molar-refractivity contribution in [3.05, 3.63) is 63.9 Å². The van der Waals surface area contributed by atoms with E-state index in [0.29, 0.717) is 44.2 Å². The fraction of sp³-hybridized carbons (Fsp3) is 0.190. The number of nitrogens with zero attached hydrogens (tertiary/aromatic N) is 6. The molecular formula is C21H17Cl2N7OS. The van der Waals surface area contributed by atoms with Gasteiger partial charge >= 0.3 is 0 Å². The average molecular weight is 486 g/mol. The highest BCUT2D eigenvalue weighted by Gasteiger charge is 2.21. The molecule has 0 spiro atoms. The number of hydrogen-bond donors (Lipinski definition) is 1. The monoisotopic (exact) mass is 485 g/mol. The lowest BCUT2D eigenvalue weighted by Crippen LogP contribution is -2.27. The highest BCUT2D eigenvalue weighted by atomic mass is 35.5. The highest BCUT2D eigenvalue weighted by molar-refractivity contribution is 7.98. The minimum Gasteiger partial charge on any atom is -0.411 e. The fourth-order valence-electron chi connectivity index (χ4n) is 3.52. The third-order valence-corrected chi connectivity index (χ3v) is 6.29. The van der Waals surface area contributed by atoms with Gasteiger partial charge in [0, 0.05) is 17.3 Å². The Kier molecular flexibility index (Phi) is 5.86. The summed E-state index contributed by atoms with van der Waals surface area (Å²) in [6, 6.07) is 13.3.